The first-order chi connectivity index (χ1) is 10.5. The number of hydrogen-bond acceptors (Lipinski definition) is 5. The van der Waals surface area contributed by atoms with Gasteiger partial charge in [0.05, 0.1) is 5.56 Å². The van der Waals surface area contributed by atoms with Crippen molar-refractivity contribution in [1.29, 1.82) is 0 Å². The van der Waals surface area contributed by atoms with E-state index in [1.165, 1.54) is 0 Å². The first-order valence-corrected chi connectivity index (χ1v) is 6.83. The molecule has 2 aromatic carbocycles. The number of ether oxygens (including phenoxy) is 1. The maximum atomic E-state index is 12.3. The molecule has 0 aromatic heterocycles. The van der Waals surface area contributed by atoms with Gasteiger partial charge in [0.25, 0.3) is 0 Å². The second kappa shape index (κ2) is 7.11. The van der Waals surface area contributed by atoms with E-state index in [4.69, 9.17) is 19.4 Å². The molecule has 0 fully saturated rings. The molecule has 22 heavy (non-hydrogen) atoms. The van der Waals surface area contributed by atoms with E-state index in [2.05, 4.69) is 0 Å². The highest BCUT2D eigenvalue weighted by Gasteiger charge is 2.20. The summed E-state index contributed by atoms with van der Waals surface area (Å²) in [6.07, 6.45) is 0. The minimum absolute atomic E-state index is 0.173. The zero-order valence-electron chi connectivity index (χ0n) is 12.4. The molecule has 2 N–H and O–H groups in total. The van der Waals surface area contributed by atoms with Crippen LogP contribution in [0.2, 0.25) is 0 Å². The van der Waals surface area contributed by atoms with Crippen LogP contribution in [0.5, 0.6) is 5.75 Å². The van der Waals surface area contributed by atoms with Gasteiger partial charge in [-0.05, 0) is 31.0 Å². The van der Waals surface area contributed by atoms with Crippen LogP contribution >= 0.6 is 0 Å². The molecule has 0 aliphatic heterocycles. The number of benzene rings is 2. The monoisotopic (exact) mass is 300 g/mol. The molecule has 2 aromatic rings. The number of aryl methyl sites for hydroxylation is 1. The number of carbonyl (C=O) groups excluding carboxylic acids is 1. The van der Waals surface area contributed by atoms with Gasteiger partial charge in [-0.25, -0.2) is 4.79 Å². The summed E-state index contributed by atoms with van der Waals surface area (Å²) in [6, 6.07) is 12.6. The van der Waals surface area contributed by atoms with E-state index in [-0.39, 0.29) is 12.4 Å². The third-order valence-electron chi connectivity index (χ3n) is 3.27. The number of hydrogen-bond donors (Lipinski definition) is 2. The molecule has 0 heterocycles. The van der Waals surface area contributed by atoms with Gasteiger partial charge in [-0.15, -0.1) is 0 Å². The van der Waals surface area contributed by atoms with Gasteiger partial charge in [-0.2, -0.15) is 0 Å². The topological polar surface area (TPSA) is 76.0 Å². The summed E-state index contributed by atoms with van der Waals surface area (Å²) < 4.78 is 10.2. The predicted octanol–water partition coefficient (Wildman–Crippen LogP) is 2.01. The van der Waals surface area contributed by atoms with Crippen molar-refractivity contribution in [3.05, 3.63) is 64.7 Å². The average molecular weight is 300 g/mol. The van der Waals surface area contributed by atoms with Crippen molar-refractivity contribution in [1.82, 2.24) is 0 Å². The lowest BCUT2D eigenvalue weighted by Crippen LogP contribution is -2.22. The van der Waals surface area contributed by atoms with Crippen LogP contribution in [-0.2, 0) is 11.3 Å². The molecule has 114 valence electrons. The zero-order chi connectivity index (χ0) is 16.1. The molecular weight excluding hydrogens is 283 g/mol. The molecule has 0 saturated heterocycles. The van der Waals surface area contributed by atoms with Crippen molar-refractivity contribution in [3.8, 4) is 5.75 Å². The summed E-state index contributed by atoms with van der Waals surface area (Å²) in [5.74, 6) is -0.246. The summed E-state index contributed by atoms with van der Waals surface area (Å²) in [5, 5.41) is 17.8. The van der Waals surface area contributed by atoms with Gasteiger partial charge in [-0.3, -0.25) is 0 Å². The van der Waals surface area contributed by atoms with Crippen LogP contribution in [0.25, 0.3) is 0 Å². The van der Waals surface area contributed by atoms with E-state index >= 15 is 0 Å². The van der Waals surface area contributed by atoms with Crippen LogP contribution < -0.4 is 4.65 Å². The van der Waals surface area contributed by atoms with E-state index in [1.807, 2.05) is 30.3 Å². The minimum Gasteiger partial charge on any atom is -0.512 e. The molecule has 0 spiro atoms. The Morgan fingerprint density at radius 3 is 2.41 bits per heavy atom. The number of esters is 1. The summed E-state index contributed by atoms with van der Waals surface area (Å²) in [7, 11) is -1.94. The fourth-order valence-electron chi connectivity index (χ4n) is 2.18. The standard InChI is InChI=1S/C16H17BO5/c1-11-8-9-14(22-17(19)20)12(2)15(11)16(18)21-10-13-6-4-3-5-7-13/h3-9,19-20H,10H2,1-2H3. The van der Waals surface area contributed by atoms with E-state index in [0.717, 1.165) is 11.1 Å². The van der Waals surface area contributed by atoms with Gasteiger partial charge < -0.3 is 19.4 Å². The Bertz CT molecular complexity index is 655. The molecule has 0 aliphatic carbocycles. The third kappa shape index (κ3) is 3.87. The van der Waals surface area contributed by atoms with Crippen LogP contribution in [0.4, 0.5) is 0 Å². The summed E-state index contributed by atoms with van der Waals surface area (Å²) in [5.41, 5.74) is 2.50. The lowest BCUT2D eigenvalue weighted by atomic mass is 10.0. The normalized spacial score (nSPS) is 10.2. The molecular formula is C16H17BO5. The van der Waals surface area contributed by atoms with Gasteiger partial charge in [0.2, 0.25) is 0 Å². The summed E-state index contributed by atoms with van der Waals surface area (Å²) >= 11 is 0. The highest BCUT2D eigenvalue weighted by Crippen LogP contribution is 2.25. The Labute approximate surface area is 129 Å². The van der Waals surface area contributed by atoms with Crippen molar-refractivity contribution < 1.29 is 24.2 Å². The molecule has 5 nitrogen and oxygen atoms in total. The second-order valence-corrected chi connectivity index (χ2v) is 4.89. The van der Waals surface area contributed by atoms with Gasteiger partial charge in [0, 0.05) is 5.56 Å². The lowest BCUT2D eigenvalue weighted by molar-refractivity contribution is 0.0470. The summed E-state index contributed by atoms with van der Waals surface area (Å²) in [6.45, 7) is 3.63. The Kier molecular flexibility index (Phi) is 5.19. The molecule has 2 rings (SSSR count). The SMILES string of the molecule is Cc1ccc(OB(O)O)c(C)c1C(=O)OCc1ccccc1. The first kappa shape index (κ1) is 16.1. The number of rotatable bonds is 5. The van der Waals surface area contributed by atoms with Gasteiger partial charge in [-0.1, -0.05) is 36.4 Å². The van der Waals surface area contributed by atoms with Crippen LogP contribution in [0.3, 0.4) is 0 Å². The minimum atomic E-state index is -1.94. The molecule has 0 amide bonds. The van der Waals surface area contributed by atoms with Crippen LogP contribution in [0, 0.1) is 13.8 Å². The molecule has 0 unspecified atom stereocenters. The predicted molar refractivity (Wildman–Crippen MR) is 82.3 cm³/mol. The van der Waals surface area contributed by atoms with Crippen molar-refractivity contribution in [2.75, 3.05) is 0 Å². The smallest absolute Gasteiger partial charge is 0.512 e. The molecule has 6 heteroatoms. The van der Waals surface area contributed by atoms with Gasteiger partial charge in [0.15, 0.2) is 0 Å². The van der Waals surface area contributed by atoms with Crippen LogP contribution in [-0.4, -0.2) is 23.3 Å². The summed E-state index contributed by atoms with van der Waals surface area (Å²) in [4.78, 5) is 12.3. The maximum absolute atomic E-state index is 12.3. The van der Waals surface area contributed by atoms with Crippen LogP contribution in [0.15, 0.2) is 42.5 Å². The van der Waals surface area contributed by atoms with Gasteiger partial charge in [0.1, 0.15) is 12.4 Å². The largest absolute Gasteiger partial charge is 0.707 e. The highest BCUT2D eigenvalue weighted by atomic mass is 16.6. The van der Waals surface area contributed by atoms with E-state index in [1.54, 1.807) is 26.0 Å². The third-order valence-corrected chi connectivity index (χ3v) is 3.27. The van der Waals surface area contributed by atoms with E-state index in [0.29, 0.717) is 11.1 Å². The Morgan fingerprint density at radius 2 is 1.77 bits per heavy atom. The van der Waals surface area contributed by atoms with Crippen molar-refractivity contribution in [2.24, 2.45) is 0 Å². The highest BCUT2D eigenvalue weighted by molar-refractivity contribution is 6.33. The fraction of sp³-hybridized carbons (Fsp3) is 0.188. The number of carbonyl (C=O) groups is 1. The van der Waals surface area contributed by atoms with Crippen molar-refractivity contribution in [2.45, 2.75) is 20.5 Å². The fourth-order valence-corrected chi connectivity index (χ4v) is 2.18. The van der Waals surface area contributed by atoms with E-state index < -0.39 is 13.3 Å². The maximum Gasteiger partial charge on any atom is 0.707 e. The molecule has 0 atom stereocenters. The Hall–Kier alpha value is -2.31. The van der Waals surface area contributed by atoms with Crippen LogP contribution in [0.1, 0.15) is 27.0 Å². The van der Waals surface area contributed by atoms with E-state index in [9.17, 15) is 4.79 Å². The quantitative estimate of drug-likeness (QED) is 0.652. The van der Waals surface area contributed by atoms with Crippen molar-refractivity contribution >= 4 is 13.3 Å². The molecule has 0 saturated carbocycles. The average Bonchev–Trinajstić information content (AvgIpc) is 2.49. The first-order valence-electron chi connectivity index (χ1n) is 6.83. The van der Waals surface area contributed by atoms with Gasteiger partial charge >= 0.3 is 13.3 Å². The lowest BCUT2D eigenvalue weighted by Gasteiger charge is -2.14. The zero-order valence-corrected chi connectivity index (χ0v) is 12.4. The Morgan fingerprint density at radius 1 is 1.09 bits per heavy atom. The molecule has 0 bridgehead atoms. The Balaban J connectivity index is 2.18. The molecule has 0 radical (unpaired) electrons. The van der Waals surface area contributed by atoms with Crippen molar-refractivity contribution in [3.63, 3.8) is 0 Å². The second-order valence-electron chi connectivity index (χ2n) is 4.89. The molecule has 0 aliphatic rings.